The molecule has 0 spiro atoms. The molecular weight excluding hydrogens is 260 g/mol. The van der Waals surface area contributed by atoms with Gasteiger partial charge in [-0.25, -0.2) is 0 Å². The van der Waals surface area contributed by atoms with Gasteiger partial charge in [-0.15, -0.1) is 0 Å². The van der Waals surface area contributed by atoms with Crippen molar-refractivity contribution in [3.05, 3.63) is 69.8 Å². The van der Waals surface area contributed by atoms with Gasteiger partial charge >= 0.3 is 5.69 Å². The molecule has 20 heavy (non-hydrogen) atoms. The molecule has 2 aromatic carbocycles. The predicted molar refractivity (Wildman–Crippen MR) is 72.4 cm³/mol. The van der Waals surface area contributed by atoms with Crippen LogP contribution in [-0.2, 0) is 6.61 Å². The second kappa shape index (κ2) is 5.83. The number of hydrogen-bond donors (Lipinski definition) is 1. The van der Waals surface area contributed by atoms with Gasteiger partial charge in [-0.05, 0) is 11.6 Å². The van der Waals surface area contributed by atoms with Crippen molar-refractivity contribution < 1.29 is 14.5 Å². The normalized spacial score (nSPS) is 10.0. The number of ether oxygens (including phenoxy) is 1. The maximum atomic E-state index is 11.1. The molecule has 0 fully saturated rings. The van der Waals surface area contributed by atoms with Gasteiger partial charge < -0.3 is 10.5 Å². The van der Waals surface area contributed by atoms with Crippen LogP contribution >= 0.6 is 0 Å². The van der Waals surface area contributed by atoms with Crippen molar-refractivity contribution in [3.63, 3.8) is 0 Å². The first-order valence-electron chi connectivity index (χ1n) is 5.83. The highest BCUT2D eigenvalue weighted by atomic mass is 16.6. The summed E-state index contributed by atoms with van der Waals surface area (Å²) in [7, 11) is 0. The fourth-order valence-electron chi connectivity index (χ4n) is 1.67. The van der Waals surface area contributed by atoms with Crippen molar-refractivity contribution in [3.8, 4) is 5.75 Å². The Balaban J connectivity index is 2.26. The highest BCUT2D eigenvalue weighted by molar-refractivity contribution is 5.93. The van der Waals surface area contributed by atoms with E-state index in [9.17, 15) is 14.9 Å². The minimum absolute atomic E-state index is 0.0233. The van der Waals surface area contributed by atoms with Crippen LogP contribution in [0, 0.1) is 10.1 Å². The van der Waals surface area contributed by atoms with Crippen LogP contribution < -0.4 is 10.5 Å². The Labute approximate surface area is 114 Å². The Kier molecular flexibility index (Phi) is 3.95. The average Bonchev–Trinajstić information content (AvgIpc) is 2.45. The van der Waals surface area contributed by atoms with Crippen molar-refractivity contribution in [2.75, 3.05) is 0 Å². The standard InChI is InChI=1S/C14H12N2O4/c15-14(17)11-6-7-12(16(18)19)13(8-11)20-9-10-4-2-1-3-5-10/h1-8H,9H2,(H2,15,17). The molecule has 0 aliphatic rings. The first kappa shape index (κ1) is 13.5. The molecular formula is C14H12N2O4. The summed E-state index contributed by atoms with van der Waals surface area (Å²) in [5.41, 5.74) is 5.98. The maximum absolute atomic E-state index is 11.1. The van der Waals surface area contributed by atoms with Crippen LogP contribution in [0.2, 0.25) is 0 Å². The molecule has 0 aliphatic carbocycles. The van der Waals surface area contributed by atoms with E-state index in [4.69, 9.17) is 10.5 Å². The monoisotopic (exact) mass is 272 g/mol. The number of primary amides is 1. The van der Waals surface area contributed by atoms with Crippen molar-refractivity contribution in [1.82, 2.24) is 0 Å². The van der Waals surface area contributed by atoms with E-state index in [0.29, 0.717) is 0 Å². The molecule has 102 valence electrons. The summed E-state index contributed by atoms with van der Waals surface area (Å²) in [5.74, 6) is -0.639. The number of benzene rings is 2. The Morgan fingerprint density at radius 3 is 2.50 bits per heavy atom. The smallest absolute Gasteiger partial charge is 0.310 e. The minimum atomic E-state index is -0.663. The molecule has 6 heteroatoms. The molecule has 0 radical (unpaired) electrons. The first-order valence-corrected chi connectivity index (χ1v) is 5.83. The van der Waals surface area contributed by atoms with Crippen molar-refractivity contribution in [2.45, 2.75) is 6.61 Å². The molecule has 0 aliphatic heterocycles. The number of rotatable bonds is 5. The zero-order valence-corrected chi connectivity index (χ0v) is 10.5. The predicted octanol–water partition coefficient (Wildman–Crippen LogP) is 2.27. The molecule has 0 aromatic heterocycles. The van der Waals surface area contributed by atoms with Crippen LogP contribution in [0.3, 0.4) is 0 Å². The molecule has 0 heterocycles. The van der Waals surface area contributed by atoms with E-state index in [1.54, 1.807) is 0 Å². The lowest BCUT2D eigenvalue weighted by Gasteiger charge is -2.07. The second-order valence-corrected chi connectivity index (χ2v) is 4.08. The third kappa shape index (κ3) is 3.11. The van der Waals surface area contributed by atoms with Crippen LogP contribution in [0.4, 0.5) is 5.69 Å². The van der Waals surface area contributed by atoms with Crippen molar-refractivity contribution >= 4 is 11.6 Å². The molecule has 2 N–H and O–H groups in total. The summed E-state index contributed by atoms with van der Waals surface area (Å²) in [6.45, 7) is 0.171. The highest BCUT2D eigenvalue weighted by Gasteiger charge is 2.17. The maximum Gasteiger partial charge on any atom is 0.310 e. The van der Waals surface area contributed by atoms with E-state index >= 15 is 0 Å². The Hall–Kier alpha value is -2.89. The van der Waals surface area contributed by atoms with Crippen molar-refractivity contribution in [1.29, 1.82) is 0 Å². The van der Waals surface area contributed by atoms with Gasteiger partial charge in [0.05, 0.1) is 4.92 Å². The lowest BCUT2D eigenvalue weighted by Crippen LogP contribution is -2.11. The fourth-order valence-corrected chi connectivity index (χ4v) is 1.67. The summed E-state index contributed by atoms with van der Waals surface area (Å²) in [6, 6.07) is 13.0. The van der Waals surface area contributed by atoms with Gasteiger partial charge in [-0.3, -0.25) is 14.9 Å². The number of carbonyl (C=O) groups is 1. The van der Waals surface area contributed by atoms with Gasteiger partial charge in [0.25, 0.3) is 0 Å². The Morgan fingerprint density at radius 1 is 1.20 bits per heavy atom. The SMILES string of the molecule is NC(=O)c1ccc([N+](=O)[O-])c(OCc2ccccc2)c1. The molecule has 2 rings (SSSR count). The Morgan fingerprint density at radius 2 is 1.90 bits per heavy atom. The lowest BCUT2D eigenvalue weighted by atomic mass is 10.2. The summed E-state index contributed by atoms with van der Waals surface area (Å²) in [5, 5.41) is 10.9. The molecule has 0 saturated carbocycles. The van der Waals surface area contributed by atoms with E-state index in [0.717, 1.165) is 5.56 Å². The first-order chi connectivity index (χ1) is 9.58. The summed E-state index contributed by atoms with van der Waals surface area (Å²) < 4.78 is 5.43. The molecule has 0 bridgehead atoms. The minimum Gasteiger partial charge on any atom is -0.482 e. The van der Waals surface area contributed by atoms with Crippen LogP contribution in [0.15, 0.2) is 48.5 Å². The molecule has 0 atom stereocenters. The van der Waals surface area contributed by atoms with Gasteiger partial charge in [0, 0.05) is 17.7 Å². The molecule has 1 amide bonds. The van der Waals surface area contributed by atoms with E-state index in [1.165, 1.54) is 18.2 Å². The third-order valence-electron chi connectivity index (χ3n) is 2.68. The number of carbonyl (C=O) groups excluding carboxylic acids is 1. The number of nitro groups is 1. The lowest BCUT2D eigenvalue weighted by molar-refractivity contribution is -0.385. The highest BCUT2D eigenvalue weighted by Crippen LogP contribution is 2.28. The number of nitro benzene ring substituents is 1. The number of nitrogens with zero attached hydrogens (tertiary/aromatic N) is 1. The molecule has 0 saturated heterocycles. The van der Waals surface area contributed by atoms with E-state index in [2.05, 4.69) is 0 Å². The molecule has 0 unspecified atom stereocenters. The largest absolute Gasteiger partial charge is 0.482 e. The molecule has 6 nitrogen and oxygen atoms in total. The van der Waals surface area contributed by atoms with Crippen molar-refractivity contribution in [2.24, 2.45) is 5.73 Å². The third-order valence-corrected chi connectivity index (χ3v) is 2.68. The second-order valence-electron chi connectivity index (χ2n) is 4.08. The summed E-state index contributed by atoms with van der Waals surface area (Å²) in [6.07, 6.45) is 0. The van der Waals surface area contributed by atoms with E-state index in [1.807, 2.05) is 30.3 Å². The average molecular weight is 272 g/mol. The van der Waals surface area contributed by atoms with Crippen LogP contribution in [0.25, 0.3) is 0 Å². The molecule has 2 aromatic rings. The van der Waals surface area contributed by atoms with Gasteiger partial charge in [0.2, 0.25) is 5.91 Å². The quantitative estimate of drug-likeness (QED) is 0.667. The van der Waals surface area contributed by atoms with Crippen LogP contribution in [-0.4, -0.2) is 10.8 Å². The summed E-state index contributed by atoms with van der Waals surface area (Å²) >= 11 is 0. The van der Waals surface area contributed by atoms with Gasteiger partial charge in [-0.2, -0.15) is 0 Å². The van der Waals surface area contributed by atoms with Gasteiger partial charge in [0.15, 0.2) is 5.75 Å². The topological polar surface area (TPSA) is 95.5 Å². The number of nitrogens with two attached hydrogens (primary N) is 1. The van der Waals surface area contributed by atoms with Crippen LogP contribution in [0.1, 0.15) is 15.9 Å². The summed E-state index contributed by atoms with van der Waals surface area (Å²) in [4.78, 5) is 21.5. The number of hydrogen-bond acceptors (Lipinski definition) is 4. The van der Waals surface area contributed by atoms with Gasteiger partial charge in [-0.1, -0.05) is 30.3 Å². The van der Waals surface area contributed by atoms with Crippen LogP contribution in [0.5, 0.6) is 5.75 Å². The van der Waals surface area contributed by atoms with E-state index < -0.39 is 10.8 Å². The zero-order chi connectivity index (χ0) is 14.5. The zero-order valence-electron chi connectivity index (χ0n) is 10.5. The fraction of sp³-hybridized carbons (Fsp3) is 0.0714. The Bertz CT molecular complexity index is 641. The van der Waals surface area contributed by atoms with Gasteiger partial charge in [0.1, 0.15) is 6.61 Å². The number of amides is 1. The van der Waals surface area contributed by atoms with E-state index in [-0.39, 0.29) is 23.6 Å².